The molecule has 3 unspecified atom stereocenters. The minimum absolute atomic E-state index is 0.353. The largest absolute Gasteiger partial charge is 0.389 e. The number of rotatable bonds is 8. The molecule has 19 heavy (non-hydrogen) atoms. The van der Waals surface area contributed by atoms with Crippen molar-refractivity contribution in [3.8, 4) is 0 Å². The van der Waals surface area contributed by atoms with Crippen molar-refractivity contribution in [3.05, 3.63) is 0 Å². The van der Waals surface area contributed by atoms with Gasteiger partial charge in [0.25, 0.3) is 0 Å². The van der Waals surface area contributed by atoms with Gasteiger partial charge in [0.15, 0.2) is 0 Å². The molecule has 2 N–H and O–H groups in total. The molecule has 4 heteroatoms. The first-order valence-corrected chi connectivity index (χ1v) is 8.99. The van der Waals surface area contributed by atoms with E-state index in [2.05, 4.69) is 24.0 Å². The van der Waals surface area contributed by atoms with Crippen LogP contribution in [-0.2, 0) is 4.74 Å². The molecular formula is C15H29NO2S. The van der Waals surface area contributed by atoms with Crippen LogP contribution in [0, 0.1) is 0 Å². The van der Waals surface area contributed by atoms with Crippen molar-refractivity contribution in [1.82, 2.24) is 5.32 Å². The lowest BCUT2D eigenvalue weighted by Crippen LogP contribution is -2.40. The Hall–Kier alpha value is 0.230. The summed E-state index contributed by atoms with van der Waals surface area (Å²) in [5.41, 5.74) is 0. The van der Waals surface area contributed by atoms with Crippen LogP contribution in [0.25, 0.3) is 0 Å². The van der Waals surface area contributed by atoms with E-state index in [1.165, 1.54) is 50.7 Å². The molecule has 0 amide bonds. The second-order valence-corrected chi connectivity index (χ2v) is 7.35. The van der Waals surface area contributed by atoms with Crippen LogP contribution in [0.3, 0.4) is 0 Å². The lowest BCUT2D eigenvalue weighted by Gasteiger charge is -2.22. The molecule has 0 aromatic carbocycles. The normalized spacial score (nSPS) is 30.0. The van der Waals surface area contributed by atoms with Crippen LogP contribution in [-0.4, -0.2) is 47.5 Å². The fourth-order valence-electron chi connectivity index (χ4n) is 3.22. The van der Waals surface area contributed by atoms with Gasteiger partial charge in [-0.25, -0.2) is 0 Å². The topological polar surface area (TPSA) is 41.5 Å². The van der Waals surface area contributed by atoms with Crippen molar-refractivity contribution in [3.63, 3.8) is 0 Å². The highest BCUT2D eigenvalue weighted by Gasteiger charge is 2.27. The Bertz CT molecular complexity index is 246. The molecule has 0 bridgehead atoms. The number of ether oxygens (including phenoxy) is 1. The third kappa shape index (κ3) is 5.25. The molecule has 0 aliphatic heterocycles. The van der Waals surface area contributed by atoms with Gasteiger partial charge in [-0.2, -0.15) is 11.8 Å². The molecule has 112 valence electrons. The van der Waals surface area contributed by atoms with E-state index >= 15 is 0 Å². The first-order chi connectivity index (χ1) is 9.29. The van der Waals surface area contributed by atoms with E-state index in [0.717, 1.165) is 5.25 Å². The van der Waals surface area contributed by atoms with Crippen LogP contribution in [0.15, 0.2) is 0 Å². The maximum Gasteiger partial charge on any atom is 0.0897 e. The molecule has 0 spiro atoms. The summed E-state index contributed by atoms with van der Waals surface area (Å²) in [5.74, 6) is 1.19. The van der Waals surface area contributed by atoms with Gasteiger partial charge in [0.1, 0.15) is 0 Å². The van der Waals surface area contributed by atoms with Crippen LogP contribution in [0.1, 0.15) is 51.9 Å². The highest BCUT2D eigenvalue weighted by Crippen LogP contribution is 2.29. The Morgan fingerprint density at radius 1 is 1.21 bits per heavy atom. The molecule has 2 fully saturated rings. The number of aliphatic hydroxyl groups excluding tert-OH is 1. The van der Waals surface area contributed by atoms with Crippen molar-refractivity contribution in [1.29, 1.82) is 0 Å². The predicted octanol–water partition coefficient (Wildman–Crippen LogP) is 2.57. The molecular weight excluding hydrogens is 258 g/mol. The van der Waals surface area contributed by atoms with Gasteiger partial charge in [-0.15, -0.1) is 0 Å². The smallest absolute Gasteiger partial charge is 0.0897 e. The SMILES string of the molecule is CCSC1CCCC1NCC(O)COC1CCCC1. The van der Waals surface area contributed by atoms with E-state index in [1.54, 1.807) is 0 Å². The summed E-state index contributed by atoms with van der Waals surface area (Å²) in [4.78, 5) is 0. The van der Waals surface area contributed by atoms with Crippen molar-refractivity contribution in [2.24, 2.45) is 0 Å². The zero-order valence-corrected chi connectivity index (χ0v) is 13.0. The summed E-state index contributed by atoms with van der Waals surface area (Å²) < 4.78 is 5.76. The quantitative estimate of drug-likeness (QED) is 0.720. The van der Waals surface area contributed by atoms with Gasteiger partial charge < -0.3 is 15.2 Å². The van der Waals surface area contributed by atoms with Crippen molar-refractivity contribution >= 4 is 11.8 Å². The molecule has 2 rings (SSSR count). The maximum atomic E-state index is 9.99. The van der Waals surface area contributed by atoms with Crippen LogP contribution in [0.5, 0.6) is 0 Å². The minimum Gasteiger partial charge on any atom is -0.389 e. The highest BCUT2D eigenvalue weighted by molar-refractivity contribution is 7.99. The lowest BCUT2D eigenvalue weighted by atomic mass is 10.2. The Morgan fingerprint density at radius 3 is 2.74 bits per heavy atom. The Kier molecular flexibility index (Phi) is 6.99. The van der Waals surface area contributed by atoms with E-state index in [4.69, 9.17) is 4.74 Å². The molecule has 2 aliphatic rings. The third-order valence-electron chi connectivity index (χ3n) is 4.28. The average molecular weight is 287 g/mol. The Balaban J connectivity index is 1.58. The molecule has 2 saturated carbocycles. The average Bonchev–Trinajstić information content (AvgIpc) is 3.06. The second-order valence-electron chi connectivity index (χ2n) is 5.83. The monoisotopic (exact) mass is 287 g/mol. The van der Waals surface area contributed by atoms with E-state index in [0.29, 0.717) is 25.3 Å². The molecule has 0 aromatic heterocycles. The van der Waals surface area contributed by atoms with Crippen molar-refractivity contribution in [2.75, 3.05) is 18.9 Å². The van der Waals surface area contributed by atoms with Crippen molar-refractivity contribution in [2.45, 2.75) is 75.4 Å². The van der Waals surface area contributed by atoms with Crippen LogP contribution < -0.4 is 5.32 Å². The van der Waals surface area contributed by atoms with Crippen LogP contribution >= 0.6 is 11.8 Å². The summed E-state index contributed by atoms with van der Waals surface area (Å²) in [5, 5.41) is 14.3. The second kappa shape index (κ2) is 8.50. The number of aliphatic hydroxyl groups is 1. The summed E-state index contributed by atoms with van der Waals surface area (Å²) in [7, 11) is 0. The standard InChI is InChI=1S/C15H29NO2S/c1-2-19-15-9-5-8-14(15)16-10-12(17)11-18-13-6-3-4-7-13/h12-17H,2-11H2,1H3. The number of hydrogen-bond acceptors (Lipinski definition) is 4. The van der Waals surface area contributed by atoms with Gasteiger partial charge in [0.05, 0.1) is 18.8 Å². The molecule has 3 atom stereocenters. The van der Waals surface area contributed by atoms with Gasteiger partial charge in [-0.1, -0.05) is 26.2 Å². The first-order valence-electron chi connectivity index (χ1n) is 7.94. The fourth-order valence-corrected chi connectivity index (χ4v) is 4.45. The number of nitrogens with one attached hydrogen (secondary N) is 1. The van der Waals surface area contributed by atoms with E-state index in [-0.39, 0.29) is 6.10 Å². The summed E-state index contributed by atoms with van der Waals surface area (Å²) >= 11 is 2.06. The summed E-state index contributed by atoms with van der Waals surface area (Å²) in [6, 6.07) is 0.589. The van der Waals surface area contributed by atoms with Crippen LogP contribution in [0.4, 0.5) is 0 Å². The third-order valence-corrected chi connectivity index (χ3v) is 5.60. The number of hydrogen-bond donors (Lipinski definition) is 2. The van der Waals surface area contributed by atoms with Gasteiger partial charge in [0.2, 0.25) is 0 Å². The molecule has 0 heterocycles. The molecule has 0 radical (unpaired) electrons. The van der Waals surface area contributed by atoms with Gasteiger partial charge in [0, 0.05) is 17.8 Å². The molecule has 0 aromatic rings. The lowest BCUT2D eigenvalue weighted by molar-refractivity contribution is -0.00612. The maximum absolute atomic E-state index is 9.99. The first kappa shape index (κ1) is 15.6. The fraction of sp³-hybridized carbons (Fsp3) is 1.00. The van der Waals surface area contributed by atoms with Gasteiger partial charge in [-0.05, 0) is 31.4 Å². The van der Waals surface area contributed by atoms with Gasteiger partial charge >= 0.3 is 0 Å². The highest BCUT2D eigenvalue weighted by atomic mass is 32.2. The Labute approximate surface area is 121 Å². The van der Waals surface area contributed by atoms with Crippen molar-refractivity contribution < 1.29 is 9.84 Å². The Morgan fingerprint density at radius 2 is 2.00 bits per heavy atom. The summed E-state index contributed by atoms with van der Waals surface area (Å²) in [6.07, 6.45) is 8.89. The zero-order valence-electron chi connectivity index (χ0n) is 12.1. The summed E-state index contributed by atoms with van der Waals surface area (Å²) in [6.45, 7) is 3.40. The predicted molar refractivity (Wildman–Crippen MR) is 81.8 cm³/mol. The molecule has 3 nitrogen and oxygen atoms in total. The van der Waals surface area contributed by atoms with E-state index in [9.17, 15) is 5.11 Å². The molecule has 0 saturated heterocycles. The number of thioether (sulfide) groups is 1. The van der Waals surface area contributed by atoms with Crippen LogP contribution in [0.2, 0.25) is 0 Å². The van der Waals surface area contributed by atoms with E-state index < -0.39 is 0 Å². The molecule has 2 aliphatic carbocycles. The van der Waals surface area contributed by atoms with Gasteiger partial charge in [-0.3, -0.25) is 0 Å². The van der Waals surface area contributed by atoms with E-state index in [1.807, 2.05) is 0 Å². The zero-order chi connectivity index (χ0) is 13.5. The minimum atomic E-state index is -0.353.